The lowest BCUT2D eigenvalue weighted by atomic mass is 9.89. The van der Waals surface area contributed by atoms with Crippen molar-refractivity contribution in [3.05, 3.63) is 34.3 Å². The molecule has 2 atom stereocenters. The molecule has 0 spiro atoms. The van der Waals surface area contributed by atoms with Crippen molar-refractivity contribution in [2.24, 2.45) is 11.8 Å². The molecule has 0 saturated heterocycles. The minimum absolute atomic E-state index is 0.296. The van der Waals surface area contributed by atoms with E-state index in [9.17, 15) is 5.11 Å². The van der Waals surface area contributed by atoms with E-state index in [4.69, 9.17) is 0 Å². The molecular weight excluding hydrogens is 276 g/mol. The van der Waals surface area contributed by atoms with Gasteiger partial charge in [-0.1, -0.05) is 54.8 Å². The molecule has 2 heteroatoms. The van der Waals surface area contributed by atoms with Crippen LogP contribution < -0.4 is 0 Å². The maximum atomic E-state index is 9.45. The van der Waals surface area contributed by atoms with Gasteiger partial charge < -0.3 is 5.11 Å². The van der Waals surface area contributed by atoms with E-state index in [0.717, 1.165) is 17.3 Å². The van der Waals surface area contributed by atoms with E-state index in [1.54, 1.807) is 0 Å². The standard InChI is InChI=1S/C15H23BrO/c1-3-4-12(2)9-14(11-17)10-13-5-7-15(16)8-6-13/h5-8,12,14,17H,3-4,9-11H2,1-2H3. The van der Waals surface area contributed by atoms with E-state index in [1.807, 2.05) is 0 Å². The molecule has 2 unspecified atom stereocenters. The fourth-order valence-electron chi connectivity index (χ4n) is 2.36. The Labute approximate surface area is 113 Å². The summed E-state index contributed by atoms with van der Waals surface area (Å²) in [4.78, 5) is 0. The molecular formula is C15H23BrO. The van der Waals surface area contributed by atoms with Crippen molar-refractivity contribution in [3.63, 3.8) is 0 Å². The smallest absolute Gasteiger partial charge is 0.0462 e. The van der Waals surface area contributed by atoms with E-state index in [2.05, 4.69) is 54.0 Å². The van der Waals surface area contributed by atoms with Crippen LogP contribution in [-0.2, 0) is 6.42 Å². The molecule has 96 valence electrons. The molecule has 0 aliphatic heterocycles. The van der Waals surface area contributed by atoms with Crippen LogP contribution in [0.1, 0.15) is 38.7 Å². The van der Waals surface area contributed by atoms with Gasteiger partial charge in [0, 0.05) is 11.1 Å². The normalized spacial score (nSPS) is 14.6. The second kappa shape index (κ2) is 7.88. The van der Waals surface area contributed by atoms with Crippen LogP contribution in [-0.4, -0.2) is 11.7 Å². The highest BCUT2D eigenvalue weighted by molar-refractivity contribution is 9.10. The van der Waals surface area contributed by atoms with Crippen LogP contribution in [0.5, 0.6) is 0 Å². The molecule has 0 bridgehead atoms. The molecule has 1 aromatic carbocycles. The summed E-state index contributed by atoms with van der Waals surface area (Å²) < 4.78 is 1.11. The monoisotopic (exact) mass is 298 g/mol. The van der Waals surface area contributed by atoms with E-state index < -0.39 is 0 Å². The molecule has 17 heavy (non-hydrogen) atoms. The van der Waals surface area contributed by atoms with Gasteiger partial charge >= 0.3 is 0 Å². The van der Waals surface area contributed by atoms with Crippen molar-refractivity contribution < 1.29 is 5.11 Å². The van der Waals surface area contributed by atoms with Crippen molar-refractivity contribution in [1.29, 1.82) is 0 Å². The average molecular weight is 299 g/mol. The second-order valence-electron chi connectivity index (χ2n) is 5.01. The summed E-state index contributed by atoms with van der Waals surface area (Å²) in [7, 11) is 0. The fraction of sp³-hybridized carbons (Fsp3) is 0.600. The number of hydrogen-bond donors (Lipinski definition) is 1. The highest BCUT2D eigenvalue weighted by Crippen LogP contribution is 2.21. The molecule has 0 radical (unpaired) electrons. The first-order valence-electron chi connectivity index (χ1n) is 6.51. The molecule has 0 heterocycles. The summed E-state index contributed by atoms with van der Waals surface area (Å²) in [6, 6.07) is 8.41. The maximum absolute atomic E-state index is 9.45. The Morgan fingerprint density at radius 1 is 1.24 bits per heavy atom. The lowest BCUT2D eigenvalue weighted by Gasteiger charge is -2.18. The Bertz CT molecular complexity index is 307. The first kappa shape index (κ1) is 14.7. The van der Waals surface area contributed by atoms with E-state index in [1.165, 1.54) is 18.4 Å². The van der Waals surface area contributed by atoms with Crippen LogP contribution >= 0.6 is 15.9 Å². The van der Waals surface area contributed by atoms with Crippen LogP contribution in [0.15, 0.2) is 28.7 Å². The summed E-state index contributed by atoms with van der Waals surface area (Å²) in [5.74, 6) is 1.12. The fourth-order valence-corrected chi connectivity index (χ4v) is 2.62. The molecule has 0 fully saturated rings. The lowest BCUT2D eigenvalue weighted by molar-refractivity contribution is 0.200. The quantitative estimate of drug-likeness (QED) is 0.790. The zero-order chi connectivity index (χ0) is 12.7. The van der Waals surface area contributed by atoms with Crippen LogP contribution in [0.25, 0.3) is 0 Å². The number of aliphatic hydroxyl groups is 1. The topological polar surface area (TPSA) is 20.2 Å². The van der Waals surface area contributed by atoms with Crippen LogP contribution in [0.3, 0.4) is 0 Å². The summed E-state index contributed by atoms with van der Waals surface area (Å²) >= 11 is 3.44. The average Bonchev–Trinajstić information content (AvgIpc) is 2.31. The molecule has 0 aliphatic carbocycles. The van der Waals surface area contributed by atoms with Crippen molar-refractivity contribution in [3.8, 4) is 0 Å². The third kappa shape index (κ3) is 5.69. The number of hydrogen-bond acceptors (Lipinski definition) is 1. The molecule has 1 N–H and O–H groups in total. The Hall–Kier alpha value is -0.340. The molecule has 1 aromatic rings. The van der Waals surface area contributed by atoms with Gasteiger partial charge in [0.1, 0.15) is 0 Å². The predicted molar refractivity (Wildman–Crippen MR) is 77.1 cm³/mol. The van der Waals surface area contributed by atoms with Gasteiger partial charge in [0.2, 0.25) is 0 Å². The first-order valence-corrected chi connectivity index (χ1v) is 7.30. The van der Waals surface area contributed by atoms with Crippen molar-refractivity contribution in [2.75, 3.05) is 6.61 Å². The van der Waals surface area contributed by atoms with Crippen molar-refractivity contribution in [1.82, 2.24) is 0 Å². The third-order valence-electron chi connectivity index (χ3n) is 3.21. The maximum Gasteiger partial charge on any atom is 0.0462 e. The Balaban J connectivity index is 2.48. The second-order valence-corrected chi connectivity index (χ2v) is 5.92. The van der Waals surface area contributed by atoms with Crippen molar-refractivity contribution in [2.45, 2.75) is 39.5 Å². The third-order valence-corrected chi connectivity index (χ3v) is 3.74. The van der Waals surface area contributed by atoms with E-state index >= 15 is 0 Å². The number of rotatable bonds is 7. The summed E-state index contributed by atoms with van der Waals surface area (Å²) in [5.41, 5.74) is 1.32. The molecule has 0 aromatic heterocycles. The predicted octanol–water partition coefficient (Wildman–Crippen LogP) is 4.43. The largest absolute Gasteiger partial charge is 0.396 e. The van der Waals surface area contributed by atoms with Gasteiger partial charge in [0.05, 0.1) is 0 Å². The van der Waals surface area contributed by atoms with Crippen LogP contribution in [0, 0.1) is 11.8 Å². The minimum atomic E-state index is 0.296. The van der Waals surface area contributed by atoms with Crippen molar-refractivity contribution >= 4 is 15.9 Å². The summed E-state index contributed by atoms with van der Waals surface area (Å²) in [5, 5.41) is 9.45. The number of halogens is 1. The zero-order valence-corrected chi connectivity index (χ0v) is 12.4. The van der Waals surface area contributed by atoms with Gasteiger partial charge in [-0.3, -0.25) is 0 Å². The van der Waals surface area contributed by atoms with E-state index in [0.29, 0.717) is 18.4 Å². The summed E-state index contributed by atoms with van der Waals surface area (Å²) in [6.07, 6.45) is 4.60. The first-order chi connectivity index (χ1) is 8.15. The van der Waals surface area contributed by atoms with Gasteiger partial charge in [0.15, 0.2) is 0 Å². The molecule has 1 nitrogen and oxygen atoms in total. The zero-order valence-electron chi connectivity index (χ0n) is 10.8. The van der Waals surface area contributed by atoms with Gasteiger partial charge in [-0.15, -0.1) is 0 Å². The number of aliphatic hydroxyl groups excluding tert-OH is 1. The Kier molecular flexibility index (Phi) is 6.83. The van der Waals surface area contributed by atoms with Gasteiger partial charge in [-0.05, 0) is 42.4 Å². The molecule has 1 rings (SSSR count). The van der Waals surface area contributed by atoms with E-state index in [-0.39, 0.29) is 0 Å². The molecule has 0 aliphatic rings. The number of benzene rings is 1. The molecule has 0 saturated carbocycles. The van der Waals surface area contributed by atoms with Gasteiger partial charge in [0.25, 0.3) is 0 Å². The van der Waals surface area contributed by atoms with Crippen LogP contribution in [0.2, 0.25) is 0 Å². The Morgan fingerprint density at radius 3 is 2.41 bits per heavy atom. The lowest BCUT2D eigenvalue weighted by Crippen LogP contribution is -2.13. The van der Waals surface area contributed by atoms with Gasteiger partial charge in [-0.2, -0.15) is 0 Å². The molecule has 0 amide bonds. The highest BCUT2D eigenvalue weighted by atomic mass is 79.9. The summed E-state index contributed by atoms with van der Waals surface area (Å²) in [6.45, 7) is 4.80. The van der Waals surface area contributed by atoms with Crippen LogP contribution in [0.4, 0.5) is 0 Å². The minimum Gasteiger partial charge on any atom is -0.396 e. The SMILES string of the molecule is CCCC(C)CC(CO)Cc1ccc(Br)cc1. The Morgan fingerprint density at radius 2 is 1.88 bits per heavy atom. The van der Waals surface area contributed by atoms with Gasteiger partial charge in [-0.25, -0.2) is 0 Å². The highest BCUT2D eigenvalue weighted by Gasteiger charge is 2.12.